The SMILES string of the molecule is CCN(C1CN(C(=O)OC(C)(C)C)C1)[C@@H]1CCC[C@H]1O. The van der Waals surface area contributed by atoms with Gasteiger partial charge in [0.15, 0.2) is 0 Å². The summed E-state index contributed by atoms with van der Waals surface area (Å²) in [5.74, 6) is 0. The van der Waals surface area contributed by atoms with Crippen molar-refractivity contribution >= 4 is 6.09 Å². The lowest BCUT2D eigenvalue weighted by molar-refractivity contribution is -0.0368. The van der Waals surface area contributed by atoms with E-state index in [1.807, 2.05) is 20.8 Å². The van der Waals surface area contributed by atoms with Gasteiger partial charge in [0.25, 0.3) is 0 Å². The molecule has 5 heteroatoms. The molecular formula is C15H28N2O3. The Balaban J connectivity index is 1.83. The van der Waals surface area contributed by atoms with Crippen molar-refractivity contribution < 1.29 is 14.6 Å². The number of rotatable bonds is 3. The molecule has 2 atom stereocenters. The van der Waals surface area contributed by atoms with Crippen LogP contribution in [0.1, 0.15) is 47.0 Å². The molecule has 2 fully saturated rings. The molecule has 1 aliphatic heterocycles. The molecular weight excluding hydrogens is 256 g/mol. The quantitative estimate of drug-likeness (QED) is 0.859. The smallest absolute Gasteiger partial charge is 0.410 e. The van der Waals surface area contributed by atoms with Crippen molar-refractivity contribution in [3.8, 4) is 0 Å². The van der Waals surface area contributed by atoms with Gasteiger partial charge in [-0.15, -0.1) is 0 Å². The van der Waals surface area contributed by atoms with Crippen LogP contribution in [0.5, 0.6) is 0 Å². The summed E-state index contributed by atoms with van der Waals surface area (Å²) in [5, 5.41) is 10.0. The molecule has 2 aliphatic rings. The standard InChI is InChI=1S/C15H28N2O3/c1-5-17(12-7-6-8-13(12)18)11-9-16(10-11)14(19)20-15(2,3)4/h11-13,18H,5-10H2,1-4H3/t12-,13-/m1/s1. The van der Waals surface area contributed by atoms with E-state index in [-0.39, 0.29) is 18.2 Å². The molecule has 5 nitrogen and oxygen atoms in total. The van der Waals surface area contributed by atoms with Gasteiger partial charge in [0.05, 0.1) is 6.10 Å². The third-order valence-electron chi connectivity index (χ3n) is 4.22. The lowest BCUT2D eigenvalue weighted by Crippen LogP contribution is -2.64. The van der Waals surface area contributed by atoms with Gasteiger partial charge in [0.2, 0.25) is 0 Å². The molecule has 1 aliphatic carbocycles. The summed E-state index contributed by atoms with van der Waals surface area (Å²) in [5.41, 5.74) is -0.436. The summed E-state index contributed by atoms with van der Waals surface area (Å²) in [6.45, 7) is 10.1. The van der Waals surface area contributed by atoms with Gasteiger partial charge in [-0.25, -0.2) is 4.79 Å². The predicted octanol–water partition coefficient (Wildman–Crippen LogP) is 1.84. The van der Waals surface area contributed by atoms with Gasteiger partial charge in [-0.2, -0.15) is 0 Å². The number of aliphatic hydroxyl groups is 1. The molecule has 2 rings (SSSR count). The number of amides is 1. The summed E-state index contributed by atoms with van der Waals surface area (Å²) >= 11 is 0. The zero-order valence-corrected chi connectivity index (χ0v) is 13.1. The van der Waals surface area contributed by atoms with Crippen LogP contribution < -0.4 is 0 Å². The molecule has 0 aromatic heterocycles. The maximum Gasteiger partial charge on any atom is 0.410 e. The highest BCUT2D eigenvalue weighted by molar-refractivity contribution is 5.69. The number of likely N-dealkylation sites (N-methyl/N-ethyl adjacent to an activating group) is 1. The number of carbonyl (C=O) groups excluding carboxylic acids is 1. The van der Waals surface area contributed by atoms with E-state index >= 15 is 0 Å². The van der Waals surface area contributed by atoms with Gasteiger partial charge < -0.3 is 14.7 Å². The van der Waals surface area contributed by atoms with Crippen molar-refractivity contribution in [3.05, 3.63) is 0 Å². The lowest BCUT2D eigenvalue weighted by atomic mass is 10.0. The third-order valence-corrected chi connectivity index (χ3v) is 4.22. The second-order valence-corrected chi connectivity index (χ2v) is 6.94. The maximum atomic E-state index is 11.9. The maximum absolute atomic E-state index is 11.9. The van der Waals surface area contributed by atoms with E-state index in [1.165, 1.54) is 0 Å². The number of ether oxygens (including phenoxy) is 1. The van der Waals surface area contributed by atoms with Crippen molar-refractivity contribution in [3.63, 3.8) is 0 Å². The number of likely N-dealkylation sites (tertiary alicyclic amines) is 1. The van der Waals surface area contributed by atoms with Crippen LogP contribution in [0, 0.1) is 0 Å². The molecule has 0 aromatic carbocycles. The van der Waals surface area contributed by atoms with Gasteiger partial charge in [-0.1, -0.05) is 6.92 Å². The summed E-state index contributed by atoms with van der Waals surface area (Å²) < 4.78 is 5.37. The Labute approximate surface area is 121 Å². The first-order valence-corrected chi connectivity index (χ1v) is 7.73. The van der Waals surface area contributed by atoms with Gasteiger partial charge in [0, 0.05) is 25.2 Å². The second kappa shape index (κ2) is 5.90. The normalized spacial score (nSPS) is 27.8. The topological polar surface area (TPSA) is 53.0 Å². The van der Waals surface area contributed by atoms with E-state index in [0.717, 1.165) is 25.8 Å². The Morgan fingerprint density at radius 1 is 1.35 bits per heavy atom. The minimum atomic E-state index is -0.436. The van der Waals surface area contributed by atoms with Crippen LogP contribution in [0.2, 0.25) is 0 Å². The van der Waals surface area contributed by atoms with Crippen molar-refractivity contribution in [1.29, 1.82) is 0 Å². The first-order valence-electron chi connectivity index (χ1n) is 7.73. The van der Waals surface area contributed by atoms with Crippen molar-refractivity contribution in [1.82, 2.24) is 9.80 Å². The zero-order valence-electron chi connectivity index (χ0n) is 13.1. The fraction of sp³-hybridized carbons (Fsp3) is 0.933. The van der Waals surface area contributed by atoms with Crippen LogP contribution in [0.15, 0.2) is 0 Å². The summed E-state index contributed by atoms with van der Waals surface area (Å²) in [7, 11) is 0. The predicted molar refractivity (Wildman–Crippen MR) is 77.6 cm³/mol. The average molecular weight is 284 g/mol. The Hall–Kier alpha value is -0.810. The fourth-order valence-electron chi connectivity index (χ4n) is 3.21. The van der Waals surface area contributed by atoms with Crippen molar-refractivity contribution in [2.24, 2.45) is 0 Å². The molecule has 0 radical (unpaired) electrons. The number of nitrogens with zero attached hydrogens (tertiary/aromatic N) is 2. The largest absolute Gasteiger partial charge is 0.444 e. The first kappa shape index (κ1) is 15.6. The Morgan fingerprint density at radius 2 is 2.00 bits per heavy atom. The van der Waals surface area contributed by atoms with E-state index in [4.69, 9.17) is 4.74 Å². The minimum absolute atomic E-state index is 0.203. The van der Waals surface area contributed by atoms with Crippen LogP contribution in [-0.4, -0.2) is 64.4 Å². The monoisotopic (exact) mass is 284 g/mol. The van der Waals surface area contributed by atoms with Crippen LogP contribution in [0.4, 0.5) is 4.79 Å². The molecule has 1 N–H and O–H groups in total. The Bertz CT molecular complexity index is 348. The number of carbonyl (C=O) groups is 1. The van der Waals surface area contributed by atoms with E-state index in [2.05, 4.69) is 11.8 Å². The van der Waals surface area contributed by atoms with Gasteiger partial charge in [-0.05, 0) is 46.6 Å². The molecule has 1 heterocycles. The van der Waals surface area contributed by atoms with Crippen LogP contribution in [0.3, 0.4) is 0 Å². The van der Waals surface area contributed by atoms with Crippen molar-refractivity contribution in [2.45, 2.75) is 70.7 Å². The second-order valence-electron chi connectivity index (χ2n) is 6.94. The van der Waals surface area contributed by atoms with Crippen molar-refractivity contribution in [2.75, 3.05) is 19.6 Å². The zero-order chi connectivity index (χ0) is 14.9. The fourth-order valence-corrected chi connectivity index (χ4v) is 3.21. The molecule has 0 aromatic rings. The van der Waals surface area contributed by atoms with Crippen LogP contribution >= 0.6 is 0 Å². The molecule has 1 saturated heterocycles. The Morgan fingerprint density at radius 3 is 2.45 bits per heavy atom. The number of hydrogen-bond donors (Lipinski definition) is 1. The molecule has 0 spiro atoms. The van der Waals surface area contributed by atoms with E-state index < -0.39 is 5.60 Å². The van der Waals surface area contributed by atoms with Crippen LogP contribution in [-0.2, 0) is 4.74 Å². The number of hydrogen-bond acceptors (Lipinski definition) is 4. The first-order chi connectivity index (χ1) is 9.31. The van der Waals surface area contributed by atoms with E-state index in [1.54, 1.807) is 4.90 Å². The highest BCUT2D eigenvalue weighted by Crippen LogP contribution is 2.28. The van der Waals surface area contributed by atoms with E-state index in [9.17, 15) is 9.90 Å². The number of aliphatic hydroxyl groups excluding tert-OH is 1. The minimum Gasteiger partial charge on any atom is -0.444 e. The summed E-state index contributed by atoms with van der Waals surface area (Å²) in [6, 6.07) is 0.635. The lowest BCUT2D eigenvalue weighted by Gasteiger charge is -2.47. The third kappa shape index (κ3) is 3.44. The molecule has 0 bridgehead atoms. The molecule has 20 heavy (non-hydrogen) atoms. The summed E-state index contributed by atoms with van der Waals surface area (Å²) in [4.78, 5) is 16.0. The highest BCUT2D eigenvalue weighted by atomic mass is 16.6. The van der Waals surface area contributed by atoms with Crippen LogP contribution in [0.25, 0.3) is 0 Å². The summed E-state index contributed by atoms with van der Waals surface area (Å²) in [6.07, 6.45) is 2.65. The van der Waals surface area contributed by atoms with Gasteiger partial charge >= 0.3 is 6.09 Å². The highest BCUT2D eigenvalue weighted by Gasteiger charge is 2.41. The molecule has 0 unspecified atom stereocenters. The van der Waals surface area contributed by atoms with Gasteiger partial charge in [-0.3, -0.25) is 4.90 Å². The molecule has 116 valence electrons. The van der Waals surface area contributed by atoms with Gasteiger partial charge in [0.1, 0.15) is 5.60 Å². The molecule has 1 amide bonds. The average Bonchev–Trinajstić information content (AvgIpc) is 2.66. The van der Waals surface area contributed by atoms with E-state index in [0.29, 0.717) is 19.1 Å². The molecule has 1 saturated carbocycles. The Kier molecular flexibility index (Phi) is 4.59.